The molecule has 0 saturated carbocycles. The highest BCUT2D eigenvalue weighted by Crippen LogP contribution is 2.15. The summed E-state index contributed by atoms with van der Waals surface area (Å²) >= 11 is 0. The molecule has 4 nitrogen and oxygen atoms in total. The highest BCUT2D eigenvalue weighted by Gasteiger charge is 2.12. The molecule has 0 aliphatic carbocycles. The number of para-hydroxylation sites is 1. The zero-order valence-corrected chi connectivity index (χ0v) is 11.2. The van der Waals surface area contributed by atoms with E-state index in [9.17, 15) is 4.79 Å². The molecule has 0 fully saturated rings. The number of rotatable bonds is 5. The average Bonchev–Trinajstić information content (AvgIpc) is 2.46. The first-order valence-corrected chi connectivity index (χ1v) is 6.33. The van der Waals surface area contributed by atoms with Gasteiger partial charge in [-0.25, -0.2) is 0 Å². The smallest absolute Gasteiger partial charge is 0.309 e. The lowest BCUT2D eigenvalue weighted by molar-refractivity contribution is -0.144. The quantitative estimate of drug-likeness (QED) is 0.835. The Hall–Kier alpha value is -1.94. The number of nitrogens with zero attached hydrogens (tertiary/aromatic N) is 1. The molecular formula is C15H18N2O2. The van der Waals surface area contributed by atoms with E-state index < -0.39 is 0 Å². The molecule has 0 aliphatic rings. The highest BCUT2D eigenvalue weighted by atomic mass is 16.5. The van der Waals surface area contributed by atoms with Crippen molar-refractivity contribution in [3.05, 3.63) is 42.1 Å². The van der Waals surface area contributed by atoms with Crippen LogP contribution in [0.3, 0.4) is 0 Å². The third-order valence-corrected chi connectivity index (χ3v) is 3.09. The molecule has 2 aromatic rings. The van der Waals surface area contributed by atoms with Gasteiger partial charge in [0, 0.05) is 24.7 Å². The fourth-order valence-corrected chi connectivity index (χ4v) is 2.02. The van der Waals surface area contributed by atoms with Crippen LogP contribution in [-0.2, 0) is 16.1 Å². The van der Waals surface area contributed by atoms with Crippen molar-refractivity contribution >= 4 is 16.9 Å². The minimum absolute atomic E-state index is 0.145. The molecule has 0 aliphatic heterocycles. The van der Waals surface area contributed by atoms with Crippen LogP contribution in [0.4, 0.5) is 0 Å². The van der Waals surface area contributed by atoms with Crippen LogP contribution in [0.2, 0.25) is 0 Å². The second-order valence-electron chi connectivity index (χ2n) is 4.55. The molecule has 0 radical (unpaired) electrons. The van der Waals surface area contributed by atoms with E-state index in [0.29, 0.717) is 13.1 Å². The Balaban J connectivity index is 2.00. The lowest BCUT2D eigenvalue weighted by Crippen LogP contribution is -2.27. The van der Waals surface area contributed by atoms with Gasteiger partial charge >= 0.3 is 5.97 Å². The van der Waals surface area contributed by atoms with Gasteiger partial charge in [-0.05, 0) is 11.6 Å². The third-order valence-electron chi connectivity index (χ3n) is 3.09. The normalized spacial score (nSPS) is 12.3. The summed E-state index contributed by atoms with van der Waals surface area (Å²) in [6, 6.07) is 10.1. The zero-order valence-electron chi connectivity index (χ0n) is 11.2. The van der Waals surface area contributed by atoms with Crippen molar-refractivity contribution in [2.45, 2.75) is 13.5 Å². The summed E-state index contributed by atoms with van der Waals surface area (Å²) in [6.45, 7) is 3.13. The summed E-state index contributed by atoms with van der Waals surface area (Å²) in [4.78, 5) is 15.7. The van der Waals surface area contributed by atoms with Gasteiger partial charge in [-0.2, -0.15) is 0 Å². The molecule has 19 heavy (non-hydrogen) atoms. The summed E-state index contributed by atoms with van der Waals surface area (Å²) < 4.78 is 4.69. The lowest BCUT2D eigenvalue weighted by Gasteiger charge is -2.11. The van der Waals surface area contributed by atoms with Gasteiger partial charge in [-0.3, -0.25) is 9.78 Å². The van der Waals surface area contributed by atoms with Crippen LogP contribution in [0.25, 0.3) is 10.9 Å². The predicted octanol–water partition coefficient (Wildman–Crippen LogP) is 2.13. The van der Waals surface area contributed by atoms with Gasteiger partial charge in [0.25, 0.3) is 0 Å². The number of methoxy groups -OCH3 is 1. The standard InChI is InChI=1S/C15H18N2O2/c1-11(15(18)19-2)9-16-10-13-6-3-5-12-7-4-8-17-14(12)13/h3-8,11,16H,9-10H2,1-2H3. The first-order chi connectivity index (χ1) is 9.22. The van der Waals surface area contributed by atoms with Crippen LogP contribution in [0, 0.1) is 5.92 Å². The van der Waals surface area contributed by atoms with Crippen molar-refractivity contribution in [2.75, 3.05) is 13.7 Å². The van der Waals surface area contributed by atoms with Gasteiger partial charge in [-0.1, -0.05) is 31.2 Å². The Morgan fingerprint density at radius 1 is 1.37 bits per heavy atom. The van der Waals surface area contributed by atoms with Crippen molar-refractivity contribution < 1.29 is 9.53 Å². The van der Waals surface area contributed by atoms with Gasteiger partial charge in [-0.15, -0.1) is 0 Å². The predicted molar refractivity (Wildman–Crippen MR) is 74.6 cm³/mol. The third kappa shape index (κ3) is 3.29. The maximum Gasteiger partial charge on any atom is 0.309 e. The van der Waals surface area contributed by atoms with Gasteiger partial charge in [0.15, 0.2) is 0 Å². The fourth-order valence-electron chi connectivity index (χ4n) is 2.02. The van der Waals surface area contributed by atoms with Crippen LogP contribution in [0.15, 0.2) is 36.5 Å². The van der Waals surface area contributed by atoms with Crippen molar-refractivity contribution in [3.8, 4) is 0 Å². The molecule has 1 aromatic heterocycles. The number of esters is 1. The number of carbonyl (C=O) groups excluding carboxylic acids is 1. The minimum atomic E-state index is -0.191. The molecule has 2 rings (SSSR count). The number of carbonyl (C=O) groups is 1. The van der Waals surface area contributed by atoms with E-state index in [0.717, 1.165) is 16.5 Å². The number of hydrogen-bond donors (Lipinski definition) is 1. The molecule has 0 saturated heterocycles. The van der Waals surface area contributed by atoms with E-state index >= 15 is 0 Å². The zero-order chi connectivity index (χ0) is 13.7. The first-order valence-electron chi connectivity index (χ1n) is 6.33. The number of ether oxygens (including phenoxy) is 1. The van der Waals surface area contributed by atoms with Crippen LogP contribution in [0.1, 0.15) is 12.5 Å². The molecule has 1 N–H and O–H groups in total. The van der Waals surface area contributed by atoms with Crippen molar-refractivity contribution in [1.29, 1.82) is 0 Å². The Kier molecular flexibility index (Phi) is 4.47. The summed E-state index contributed by atoms with van der Waals surface area (Å²) in [7, 11) is 1.41. The second kappa shape index (κ2) is 6.29. The van der Waals surface area contributed by atoms with Gasteiger partial charge < -0.3 is 10.1 Å². The van der Waals surface area contributed by atoms with E-state index in [-0.39, 0.29) is 11.9 Å². The summed E-state index contributed by atoms with van der Waals surface area (Å²) in [6.07, 6.45) is 1.79. The number of hydrogen-bond acceptors (Lipinski definition) is 4. The number of benzene rings is 1. The molecule has 0 spiro atoms. The molecular weight excluding hydrogens is 240 g/mol. The van der Waals surface area contributed by atoms with Gasteiger partial charge in [0.05, 0.1) is 18.5 Å². The Morgan fingerprint density at radius 2 is 2.16 bits per heavy atom. The van der Waals surface area contributed by atoms with Gasteiger partial charge in [0.2, 0.25) is 0 Å². The number of pyridine rings is 1. The van der Waals surface area contributed by atoms with E-state index in [2.05, 4.69) is 10.3 Å². The summed E-state index contributed by atoms with van der Waals surface area (Å²) in [5.74, 6) is -0.337. The SMILES string of the molecule is COC(=O)C(C)CNCc1cccc2cccnc12. The monoisotopic (exact) mass is 258 g/mol. The molecule has 1 aromatic carbocycles. The van der Waals surface area contributed by atoms with Crippen LogP contribution in [-0.4, -0.2) is 24.6 Å². The highest BCUT2D eigenvalue weighted by molar-refractivity contribution is 5.81. The van der Waals surface area contributed by atoms with E-state index in [1.165, 1.54) is 7.11 Å². The molecule has 100 valence electrons. The average molecular weight is 258 g/mol. The molecule has 0 amide bonds. The molecule has 4 heteroatoms. The van der Waals surface area contributed by atoms with E-state index in [4.69, 9.17) is 4.74 Å². The maximum absolute atomic E-state index is 11.3. The molecule has 0 bridgehead atoms. The Labute approximate surface area is 112 Å². The topological polar surface area (TPSA) is 51.2 Å². The fraction of sp³-hybridized carbons (Fsp3) is 0.333. The van der Waals surface area contributed by atoms with E-state index in [1.54, 1.807) is 6.20 Å². The maximum atomic E-state index is 11.3. The van der Waals surface area contributed by atoms with Gasteiger partial charge in [0.1, 0.15) is 0 Å². The summed E-state index contributed by atoms with van der Waals surface area (Å²) in [5, 5.41) is 4.40. The molecule has 1 atom stereocenters. The van der Waals surface area contributed by atoms with Crippen molar-refractivity contribution in [1.82, 2.24) is 10.3 Å². The van der Waals surface area contributed by atoms with Crippen molar-refractivity contribution in [3.63, 3.8) is 0 Å². The lowest BCUT2D eigenvalue weighted by atomic mass is 10.1. The summed E-state index contributed by atoms with van der Waals surface area (Å²) in [5.41, 5.74) is 2.14. The van der Waals surface area contributed by atoms with Crippen LogP contribution in [0.5, 0.6) is 0 Å². The number of aromatic nitrogens is 1. The minimum Gasteiger partial charge on any atom is -0.469 e. The first kappa shape index (κ1) is 13.5. The Morgan fingerprint density at radius 3 is 2.95 bits per heavy atom. The molecule has 1 unspecified atom stereocenters. The molecule has 1 heterocycles. The number of nitrogens with one attached hydrogen (secondary N) is 1. The second-order valence-corrected chi connectivity index (χ2v) is 4.55. The Bertz CT molecular complexity index is 564. The van der Waals surface area contributed by atoms with E-state index in [1.807, 2.05) is 37.3 Å². The van der Waals surface area contributed by atoms with Crippen LogP contribution < -0.4 is 5.32 Å². The largest absolute Gasteiger partial charge is 0.469 e. The van der Waals surface area contributed by atoms with Crippen molar-refractivity contribution in [2.24, 2.45) is 5.92 Å². The number of fused-ring (bicyclic) bond motifs is 1. The van der Waals surface area contributed by atoms with Crippen LogP contribution >= 0.6 is 0 Å².